The Bertz CT molecular complexity index is 534. The number of halogens is 2. The molecule has 0 spiro atoms. The molecule has 22 heavy (non-hydrogen) atoms. The van der Waals surface area contributed by atoms with E-state index >= 15 is 0 Å². The zero-order valence-corrected chi connectivity index (χ0v) is 13.6. The molecule has 1 saturated carbocycles. The van der Waals surface area contributed by atoms with Gasteiger partial charge >= 0.3 is 0 Å². The standard InChI is InChI=1S/C16H22F2N2OS/c1-11-3-4-14(22-11)12-9-13(12)16(21)20-6-2-5-19(7-8-20)10-15(17)18/h3-4,12-13,15H,2,5-10H2,1H3/t12-,13+/m0/s1. The first-order valence-electron chi connectivity index (χ1n) is 7.90. The van der Waals surface area contributed by atoms with Gasteiger partial charge in [0.15, 0.2) is 0 Å². The summed E-state index contributed by atoms with van der Waals surface area (Å²) in [5, 5.41) is 0. The highest BCUT2D eigenvalue weighted by atomic mass is 32.1. The smallest absolute Gasteiger partial charge is 0.251 e. The van der Waals surface area contributed by atoms with Crippen LogP contribution in [0.5, 0.6) is 0 Å². The van der Waals surface area contributed by atoms with Crippen molar-refractivity contribution in [1.82, 2.24) is 9.80 Å². The monoisotopic (exact) mass is 328 g/mol. The van der Waals surface area contributed by atoms with Crippen LogP contribution in [-0.4, -0.2) is 54.9 Å². The van der Waals surface area contributed by atoms with Gasteiger partial charge in [-0.1, -0.05) is 0 Å². The maximum Gasteiger partial charge on any atom is 0.251 e. The molecule has 0 unspecified atom stereocenters. The number of amides is 1. The fourth-order valence-electron chi connectivity index (χ4n) is 3.24. The topological polar surface area (TPSA) is 23.6 Å². The number of carbonyl (C=O) groups is 1. The molecule has 6 heteroatoms. The van der Waals surface area contributed by atoms with Gasteiger partial charge in [-0.2, -0.15) is 0 Å². The van der Waals surface area contributed by atoms with Crippen LogP contribution in [0.3, 0.4) is 0 Å². The summed E-state index contributed by atoms with van der Waals surface area (Å²) in [6, 6.07) is 4.23. The summed E-state index contributed by atoms with van der Waals surface area (Å²) in [5.41, 5.74) is 0. The molecule has 1 saturated heterocycles. The van der Waals surface area contributed by atoms with E-state index in [1.165, 1.54) is 9.75 Å². The number of alkyl halides is 2. The van der Waals surface area contributed by atoms with E-state index in [1.54, 1.807) is 16.2 Å². The predicted octanol–water partition coefficient (Wildman–Crippen LogP) is 2.96. The third-order valence-corrected chi connectivity index (χ3v) is 5.66. The quantitative estimate of drug-likeness (QED) is 0.848. The molecule has 1 aliphatic heterocycles. The number of hydrogen-bond acceptors (Lipinski definition) is 3. The van der Waals surface area contributed by atoms with Crippen LogP contribution in [0.2, 0.25) is 0 Å². The van der Waals surface area contributed by atoms with Crippen molar-refractivity contribution in [2.75, 3.05) is 32.7 Å². The van der Waals surface area contributed by atoms with Crippen LogP contribution in [-0.2, 0) is 4.79 Å². The number of carbonyl (C=O) groups excluding carboxylic acids is 1. The second-order valence-corrected chi connectivity index (χ2v) is 7.59. The summed E-state index contributed by atoms with van der Waals surface area (Å²) >= 11 is 1.78. The summed E-state index contributed by atoms with van der Waals surface area (Å²) in [6.07, 6.45) is -0.568. The molecule has 0 radical (unpaired) electrons. The lowest BCUT2D eigenvalue weighted by molar-refractivity contribution is -0.132. The zero-order valence-electron chi connectivity index (χ0n) is 12.8. The predicted molar refractivity (Wildman–Crippen MR) is 83.5 cm³/mol. The summed E-state index contributed by atoms with van der Waals surface area (Å²) < 4.78 is 24.9. The molecule has 3 rings (SSSR count). The number of rotatable bonds is 4. The zero-order chi connectivity index (χ0) is 15.7. The Balaban J connectivity index is 1.53. The highest BCUT2D eigenvalue weighted by Crippen LogP contribution is 2.50. The van der Waals surface area contributed by atoms with Gasteiger partial charge in [-0.25, -0.2) is 8.78 Å². The normalized spacial score (nSPS) is 26.3. The van der Waals surface area contributed by atoms with Gasteiger partial charge in [0.05, 0.1) is 6.54 Å². The molecule has 1 aromatic heterocycles. The number of hydrogen-bond donors (Lipinski definition) is 0. The second kappa shape index (κ2) is 6.62. The molecule has 122 valence electrons. The Kier molecular flexibility index (Phi) is 4.78. The average Bonchev–Trinajstić information content (AvgIpc) is 3.19. The van der Waals surface area contributed by atoms with Crippen LogP contribution >= 0.6 is 11.3 Å². The Morgan fingerprint density at radius 1 is 1.32 bits per heavy atom. The first-order chi connectivity index (χ1) is 10.5. The largest absolute Gasteiger partial charge is 0.341 e. The molecule has 2 heterocycles. The Morgan fingerprint density at radius 3 is 2.82 bits per heavy atom. The van der Waals surface area contributed by atoms with Gasteiger partial charge in [0.1, 0.15) is 0 Å². The number of aryl methyl sites for hydroxylation is 1. The Morgan fingerprint density at radius 2 is 2.14 bits per heavy atom. The third-order valence-electron chi connectivity index (χ3n) is 4.53. The van der Waals surface area contributed by atoms with Gasteiger partial charge in [-0.05, 0) is 31.9 Å². The van der Waals surface area contributed by atoms with Crippen molar-refractivity contribution in [2.45, 2.75) is 32.1 Å². The van der Waals surface area contributed by atoms with Crippen molar-refractivity contribution in [3.63, 3.8) is 0 Å². The summed E-state index contributed by atoms with van der Waals surface area (Å²) in [4.78, 5) is 18.8. The molecule has 2 aliphatic rings. The Hall–Kier alpha value is -1.01. The highest BCUT2D eigenvalue weighted by molar-refractivity contribution is 7.12. The molecular weight excluding hydrogens is 306 g/mol. The van der Waals surface area contributed by atoms with Crippen molar-refractivity contribution in [1.29, 1.82) is 0 Å². The van der Waals surface area contributed by atoms with E-state index in [0.29, 0.717) is 32.1 Å². The molecule has 0 N–H and O–H groups in total. The van der Waals surface area contributed by atoms with Gasteiger partial charge in [0.25, 0.3) is 6.43 Å². The second-order valence-electron chi connectivity index (χ2n) is 6.27. The van der Waals surface area contributed by atoms with Gasteiger partial charge in [-0.15, -0.1) is 11.3 Å². The highest BCUT2D eigenvalue weighted by Gasteiger charge is 2.46. The summed E-state index contributed by atoms with van der Waals surface area (Å²) in [5.74, 6) is 0.710. The first-order valence-corrected chi connectivity index (χ1v) is 8.72. The van der Waals surface area contributed by atoms with Crippen molar-refractivity contribution in [3.8, 4) is 0 Å². The fraction of sp³-hybridized carbons (Fsp3) is 0.688. The Labute approximate surface area is 133 Å². The first kappa shape index (κ1) is 15.9. The average molecular weight is 328 g/mol. The summed E-state index contributed by atoms with van der Waals surface area (Å²) in [7, 11) is 0. The molecule has 0 bridgehead atoms. The molecule has 1 aromatic rings. The van der Waals surface area contributed by atoms with E-state index in [2.05, 4.69) is 19.1 Å². The molecule has 2 fully saturated rings. The van der Waals surface area contributed by atoms with E-state index in [1.807, 2.05) is 4.90 Å². The molecule has 3 nitrogen and oxygen atoms in total. The van der Waals surface area contributed by atoms with Crippen molar-refractivity contribution < 1.29 is 13.6 Å². The molecule has 1 amide bonds. The van der Waals surface area contributed by atoms with E-state index < -0.39 is 6.43 Å². The van der Waals surface area contributed by atoms with Crippen LogP contribution in [0.15, 0.2) is 12.1 Å². The van der Waals surface area contributed by atoms with Crippen LogP contribution in [0, 0.1) is 12.8 Å². The van der Waals surface area contributed by atoms with Crippen molar-refractivity contribution in [3.05, 3.63) is 21.9 Å². The van der Waals surface area contributed by atoms with E-state index in [-0.39, 0.29) is 18.4 Å². The summed E-state index contributed by atoms with van der Waals surface area (Å²) in [6.45, 7) is 4.41. The molecule has 1 aliphatic carbocycles. The molecule has 2 atom stereocenters. The third kappa shape index (κ3) is 3.66. The minimum Gasteiger partial charge on any atom is -0.341 e. The number of nitrogens with zero attached hydrogens (tertiary/aromatic N) is 2. The maximum atomic E-state index is 12.6. The lowest BCUT2D eigenvalue weighted by Gasteiger charge is -2.22. The SMILES string of the molecule is Cc1ccc([C@H]2C[C@H]2C(=O)N2CCCN(CC(F)F)CC2)s1. The van der Waals surface area contributed by atoms with Crippen LogP contribution < -0.4 is 0 Å². The lowest BCUT2D eigenvalue weighted by Crippen LogP contribution is -2.37. The van der Waals surface area contributed by atoms with E-state index in [0.717, 1.165) is 12.8 Å². The van der Waals surface area contributed by atoms with Crippen molar-refractivity contribution >= 4 is 17.2 Å². The van der Waals surface area contributed by atoms with Gasteiger partial charge in [0.2, 0.25) is 5.91 Å². The minimum atomic E-state index is -2.29. The van der Waals surface area contributed by atoms with E-state index in [9.17, 15) is 13.6 Å². The lowest BCUT2D eigenvalue weighted by atomic mass is 10.2. The minimum absolute atomic E-state index is 0.111. The van der Waals surface area contributed by atoms with Crippen LogP contribution in [0.25, 0.3) is 0 Å². The van der Waals surface area contributed by atoms with Gasteiger partial charge in [-0.3, -0.25) is 9.69 Å². The van der Waals surface area contributed by atoms with Gasteiger partial charge in [0, 0.05) is 47.8 Å². The van der Waals surface area contributed by atoms with Crippen molar-refractivity contribution in [2.24, 2.45) is 5.92 Å². The van der Waals surface area contributed by atoms with Crippen LogP contribution in [0.1, 0.15) is 28.5 Å². The van der Waals surface area contributed by atoms with Gasteiger partial charge < -0.3 is 4.90 Å². The van der Waals surface area contributed by atoms with Crippen LogP contribution in [0.4, 0.5) is 8.78 Å². The maximum absolute atomic E-state index is 12.6. The fourth-order valence-corrected chi connectivity index (χ4v) is 4.29. The molecule has 0 aromatic carbocycles. The number of thiophene rings is 1. The van der Waals surface area contributed by atoms with E-state index in [4.69, 9.17) is 0 Å². The molecular formula is C16H22F2N2OS.